The van der Waals surface area contributed by atoms with Crippen LogP contribution >= 0.6 is 0 Å². The molecule has 0 heterocycles. The van der Waals surface area contributed by atoms with Crippen molar-refractivity contribution in [3.8, 4) is 0 Å². The molecule has 4 heteroatoms. The van der Waals surface area contributed by atoms with Gasteiger partial charge >= 0.3 is 5.97 Å². The van der Waals surface area contributed by atoms with Gasteiger partial charge in [-0.25, -0.2) is 0 Å². The highest BCUT2D eigenvalue weighted by Gasteiger charge is 2.17. The summed E-state index contributed by atoms with van der Waals surface area (Å²) in [5.74, 6) is -0.747. The highest BCUT2D eigenvalue weighted by Crippen LogP contribution is 2.13. The first-order valence-corrected chi connectivity index (χ1v) is 4.91. The average molecular weight is 202 g/mol. The van der Waals surface area contributed by atoms with Crippen LogP contribution < -0.4 is 5.32 Å². The molecule has 0 saturated heterocycles. The van der Waals surface area contributed by atoms with Crippen molar-refractivity contribution in [3.63, 3.8) is 0 Å². The number of carboxylic acids is 1. The Kier molecular flexibility index (Phi) is 5.72. The monoisotopic (exact) mass is 202 g/mol. The maximum absolute atomic E-state index is 10.3. The lowest BCUT2D eigenvalue weighted by Gasteiger charge is -2.28. The predicted octanol–water partition coefficient (Wildman–Crippen LogP) is 0.639. The van der Waals surface area contributed by atoms with Gasteiger partial charge in [0.1, 0.15) is 0 Å². The van der Waals surface area contributed by atoms with Gasteiger partial charge in [0.2, 0.25) is 0 Å². The molecule has 2 N–H and O–H groups in total. The van der Waals surface area contributed by atoms with E-state index in [-0.39, 0.29) is 11.8 Å². The van der Waals surface area contributed by atoms with Crippen LogP contribution in [-0.2, 0) is 4.79 Å². The largest absolute Gasteiger partial charge is 0.481 e. The van der Waals surface area contributed by atoms with Gasteiger partial charge in [-0.2, -0.15) is 0 Å². The Morgan fingerprint density at radius 2 is 2.00 bits per heavy atom. The van der Waals surface area contributed by atoms with E-state index < -0.39 is 5.97 Å². The van der Waals surface area contributed by atoms with E-state index in [1.165, 1.54) is 0 Å². The maximum Gasteiger partial charge on any atom is 0.304 e. The van der Waals surface area contributed by atoms with E-state index in [0.717, 1.165) is 13.1 Å². The molecule has 0 radical (unpaired) electrons. The molecule has 0 amide bonds. The second-order valence-electron chi connectivity index (χ2n) is 4.72. The lowest BCUT2D eigenvalue weighted by molar-refractivity contribution is -0.136. The first kappa shape index (κ1) is 13.4. The molecule has 4 nitrogen and oxygen atoms in total. The molecule has 0 saturated carbocycles. The fraction of sp³-hybridized carbons (Fsp3) is 0.900. The smallest absolute Gasteiger partial charge is 0.304 e. The van der Waals surface area contributed by atoms with E-state index in [1.54, 1.807) is 0 Å². The van der Waals surface area contributed by atoms with Gasteiger partial charge in [0.05, 0.1) is 6.42 Å². The SMILES string of the molecule is CN(C)CC(C)(C)CNCCC(=O)O. The van der Waals surface area contributed by atoms with E-state index in [2.05, 4.69) is 24.1 Å². The van der Waals surface area contributed by atoms with Crippen molar-refractivity contribution < 1.29 is 9.90 Å². The number of carboxylic acid groups (broad SMARTS) is 1. The first-order chi connectivity index (χ1) is 6.33. The molecule has 0 rings (SSSR count). The third-order valence-corrected chi connectivity index (χ3v) is 1.86. The summed E-state index contributed by atoms with van der Waals surface area (Å²) in [5.41, 5.74) is 0.183. The van der Waals surface area contributed by atoms with Gasteiger partial charge in [0.25, 0.3) is 0 Å². The number of rotatable bonds is 7. The van der Waals surface area contributed by atoms with E-state index in [0.29, 0.717) is 6.54 Å². The van der Waals surface area contributed by atoms with Gasteiger partial charge in [-0.15, -0.1) is 0 Å². The summed E-state index contributed by atoms with van der Waals surface area (Å²) < 4.78 is 0. The molecule has 0 aliphatic rings. The number of hydrogen-bond donors (Lipinski definition) is 2. The van der Waals surface area contributed by atoms with Gasteiger partial charge in [-0.1, -0.05) is 13.8 Å². The second kappa shape index (κ2) is 5.98. The fourth-order valence-corrected chi connectivity index (χ4v) is 1.53. The van der Waals surface area contributed by atoms with Gasteiger partial charge in [-0.3, -0.25) is 4.79 Å². The Balaban J connectivity index is 3.60. The van der Waals surface area contributed by atoms with Crippen molar-refractivity contribution in [1.29, 1.82) is 0 Å². The highest BCUT2D eigenvalue weighted by molar-refractivity contribution is 5.66. The second-order valence-corrected chi connectivity index (χ2v) is 4.72. The topological polar surface area (TPSA) is 52.6 Å². The molecule has 14 heavy (non-hydrogen) atoms. The summed E-state index contributed by atoms with van der Waals surface area (Å²) in [6.45, 7) is 6.72. The lowest BCUT2D eigenvalue weighted by Crippen LogP contribution is -2.38. The molecule has 0 spiro atoms. The van der Waals surface area contributed by atoms with Crippen LogP contribution in [0.1, 0.15) is 20.3 Å². The maximum atomic E-state index is 10.3. The molecule has 0 atom stereocenters. The van der Waals surface area contributed by atoms with Crippen LogP contribution in [0, 0.1) is 5.41 Å². The first-order valence-electron chi connectivity index (χ1n) is 4.91. The van der Waals surface area contributed by atoms with E-state index in [1.807, 2.05) is 14.1 Å². The van der Waals surface area contributed by atoms with Gasteiger partial charge in [-0.05, 0) is 19.5 Å². The van der Waals surface area contributed by atoms with E-state index >= 15 is 0 Å². The van der Waals surface area contributed by atoms with Crippen molar-refractivity contribution in [2.45, 2.75) is 20.3 Å². The van der Waals surface area contributed by atoms with Crippen molar-refractivity contribution in [2.75, 3.05) is 33.7 Å². The third-order valence-electron chi connectivity index (χ3n) is 1.86. The standard InChI is InChI=1S/C10H22N2O2/c1-10(2,8-12(3)4)7-11-6-5-9(13)14/h11H,5-8H2,1-4H3,(H,13,14). The Morgan fingerprint density at radius 3 is 2.43 bits per heavy atom. The molecule has 0 aromatic heterocycles. The van der Waals surface area contributed by atoms with E-state index in [9.17, 15) is 4.79 Å². The molecule has 0 bridgehead atoms. The zero-order chi connectivity index (χ0) is 11.2. The van der Waals surface area contributed by atoms with Crippen LogP contribution in [0.2, 0.25) is 0 Å². The summed E-state index contributed by atoms with van der Waals surface area (Å²) in [5, 5.41) is 11.6. The molecule has 0 aromatic rings. The Morgan fingerprint density at radius 1 is 1.43 bits per heavy atom. The van der Waals surface area contributed by atoms with Crippen molar-refractivity contribution in [3.05, 3.63) is 0 Å². The van der Waals surface area contributed by atoms with Crippen molar-refractivity contribution >= 4 is 5.97 Å². The summed E-state index contributed by atoms with van der Waals surface area (Å²) >= 11 is 0. The zero-order valence-corrected chi connectivity index (χ0v) is 9.63. The molecular weight excluding hydrogens is 180 g/mol. The molecule has 0 aliphatic heterocycles. The minimum Gasteiger partial charge on any atom is -0.481 e. The average Bonchev–Trinajstić information content (AvgIpc) is 1.95. The van der Waals surface area contributed by atoms with Crippen LogP contribution in [0.3, 0.4) is 0 Å². The van der Waals surface area contributed by atoms with E-state index in [4.69, 9.17) is 5.11 Å². The Bertz CT molecular complexity index is 179. The molecule has 0 aromatic carbocycles. The summed E-state index contributed by atoms with van der Waals surface area (Å²) in [6, 6.07) is 0. The van der Waals surface area contributed by atoms with Gasteiger partial charge < -0.3 is 15.3 Å². The molecule has 0 fully saturated rings. The van der Waals surface area contributed by atoms with Crippen molar-refractivity contribution in [1.82, 2.24) is 10.2 Å². The number of hydrogen-bond acceptors (Lipinski definition) is 3. The quantitative estimate of drug-likeness (QED) is 0.595. The lowest BCUT2D eigenvalue weighted by atomic mass is 9.93. The zero-order valence-electron chi connectivity index (χ0n) is 9.63. The van der Waals surface area contributed by atoms with Crippen molar-refractivity contribution in [2.24, 2.45) is 5.41 Å². The van der Waals surface area contributed by atoms with Crippen LogP contribution in [-0.4, -0.2) is 49.7 Å². The van der Waals surface area contributed by atoms with Crippen LogP contribution in [0.5, 0.6) is 0 Å². The molecular formula is C10H22N2O2. The number of nitrogens with zero attached hydrogens (tertiary/aromatic N) is 1. The third kappa shape index (κ3) is 8.01. The molecule has 84 valence electrons. The minimum absolute atomic E-state index is 0.183. The summed E-state index contributed by atoms with van der Waals surface area (Å²) in [7, 11) is 4.08. The molecule has 0 aliphatic carbocycles. The minimum atomic E-state index is -0.747. The highest BCUT2D eigenvalue weighted by atomic mass is 16.4. The fourth-order valence-electron chi connectivity index (χ4n) is 1.53. The summed E-state index contributed by atoms with van der Waals surface area (Å²) in [4.78, 5) is 12.4. The number of nitrogens with one attached hydrogen (secondary N) is 1. The van der Waals surface area contributed by atoms with Gasteiger partial charge in [0, 0.05) is 19.6 Å². The molecule has 0 unspecified atom stereocenters. The van der Waals surface area contributed by atoms with Crippen LogP contribution in [0.25, 0.3) is 0 Å². The Hall–Kier alpha value is -0.610. The number of carbonyl (C=O) groups is 1. The normalized spacial score (nSPS) is 12.1. The van der Waals surface area contributed by atoms with Crippen LogP contribution in [0.15, 0.2) is 0 Å². The van der Waals surface area contributed by atoms with Gasteiger partial charge in [0.15, 0.2) is 0 Å². The summed E-state index contributed by atoms with van der Waals surface area (Å²) in [6.07, 6.45) is 0.193. The van der Waals surface area contributed by atoms with Crippen LogP contribution in [0.4, 0.5) is 0 Å². The Labute approximate surface area is 86.3 Å². The number of aliphatic carboxylic acids is 1. The predicted molar refractivity (Wildman–Crippen MR) is 57.5 cm³/mol.